The number of para-hydroxylation sites is 1. The maximum atomic E-state index is 9.49. The molecule has 160 valence electrons. The first-order chi connectivity index (χ1) is 16.8. The molecule has 0 unspecified atom stereocenters. The van der Waals surface area contributed by atoms with Crippen molar-refractivity contribution in [2.75, 3.05) is 4.90 Å². The molecule has 0 aliphatic rings. The molecule has 0 fully saturated rings. The van der Waals surface area contributed by atoms with Gasteiger partial charge >= 0.3 is 0 Å². The summed E-state index contributed by atoms with van der Waals surface area (Å²) in [5.74, 6) is 0. The topological polar surface area (TPSA) is 40.2 Å². The molecule has 0 aliphatic carbocycles. The van der Waals surface area contributed by atoms with E-state index in [2.05, 4.69) is 71.6 Å². The number of rotatable bonds is 4. The summed E-state index contributed by atoms with van der Waals surface area (Å²) in [5, 5.41) is 11.7. The highest BCUT2D eigenvalue weighted by Crippen LogP contribution is 2.39. The fraction of sp³-hybridized carbons (Fsp3) is 0. The van der Waals surface area contributed by atoms with Crippen LogP contribution in [0, 0.1) is 11.3 Å². The van der Waals surface area contributed by atoms with Gasteiger partial charge in [-0.2, -0.15) is 5.26 Å². The van der Waals surface area contributed by atoms with Crippen LogP contribution in [0.4, 0.5) is 17.1 Å². The summed E-state index contributed by atoms with van der Waals surface area (Å²) in [6.45, 7) is 0. The molecule has 0 aliphatic heterocycles. The second kappa shape index (κ2) is 8.27. The van der Waals surface area contributed by atoms with Gasteiger partial charge in [0.2, 0.25) is 0 Å². The third-order valence-electron chi connectivity index (χ3n) is 6.09. The maximum absolute atomic E-state index is 9.49. The van der Waals surface area contributed by atoms with E-state index in [1.54, 1.807) is 0 Å². The largest absolute Gasteiger partial charge is 0.456 e. The first kappa shape index (κ1) is 19.8. The highest BCUT2D eigenvalue weighted by molar-refractivity contribution is 6.06. The van der Waals surface area contributed by atoms with Gasteiger partial charge in [0.05, 0.1) is 11.6 Å². The summed E-state index contributed by atoms with van der Waals surface area (Å²) in [6.07, 6.45) is 0. The van der Waals surface area contributed by atoms with Crippen molar-refractivity contribution in [1.29, 1.82) is 5.26 Å². The molecule has 0 saturated carbocycles. The molecule has 1 aromatic heterocycles. The molecule has 6 aromatic rings. The normalized spacial score (nSPS) is 10.9. The fourth-order valence-corrected chi connectivity index (χ4v) is 4.45. The van der Waals surface area contributed by atoms with Gasteiger partial charge in [-0.3, -0.25) is 0 Å². The molecule has 1 heterocycles. The molecule has 0 radical (unpaired) electrons. The van der Waals surface area contributed by atoms with Crippen LogP contribution in [-0.2, 0) is 0 Å². The summed E-state index contributed by atoms with van der Waals surface area (Å²) in [7, 11) is 0. The van der Waals surface area contributed by atoms with Gasteiger partial charge in [0.25, 0.3) is 0 Å². The van der Waals surface area contributed by atoms with Gasteiger partial charge in [-0.1, -0.05) is 66.7 Å². The number of fused-ring (bicyclic) bond motifs is 3. The molecule has 34 heavy (non-hydrogen) atoms. The summed E-state index contributed by atoms with van der Waals surface area (Å²) in [4.78, 5) is 2.15. The van der Waals surface area contributed by atoms with Crippen molar-refractivity contribution in [2.24, 2.45) is 0 Å². The van der Waals surface area contributed by atoms with Crippen LogP contribution >= 0.6 is 0 Å². The van der Waals surface area contributed by atoms with Gasteiger partial charge in [0, 0.05) is 33.9 Å². The maximum Gasteiger partial charge on any atom is 0.137 e. The third-order valence-corrected chi connectivity index (χ3v) is 6.09. The number of benzene rings is 5. The van der Waals surface area contributed by atoms with Crippen LogP contribution in [0.15, 0.2) is 126 Å². The lowest BCUT2D eigenvalue weighted by molar-refractivity contribution is 0.669. The Kier molecular flexibility index (Phi) is 4.83. The Morgan fingerprint density at radius 3 is 2.03 bits per heavy atom. The third kappa shape index (κ3) is 3.48. The van der Waals surface area contributed by atoms with Crippen LogP contribution in [0.3, 0.4) is 0 Å². The van der Waals surface area contributed by atoms with Crippen molar-refractivity contribution < 1.29 is 4.42 Å². The van der Waals surface area contributed by atoms with Crippen LogP contribution in [-0.4, -0.2) is 0 Å². The number of hydrogen-bond acceptors (Lipinski definition) is 3. The highest BCUT2D eigenvalue weighted by Gasteiger charge is 2.16. The summed E-state index contributed by atoms with van der Waals surface area (Å²) < 4.78 is 6.16. The molecule has 0 spiro atoms. The fourth-order valence-electron chi connectivity index (χ4n) is 4.45. The molecule has 0 amide bonds. The zero-order valence-corrected chi connectivity index (χ0v) is 18.3. The number of nitriles is 1. The van der Waals surface area contributed by atoms with Crippen molar-refractivity contribution in [3.63, 3.8) is 0 Å². The lowest BCUT2D eigenvalue weighted by Crippen LogP contribution is -2.10. The zero-order valence-electron chi connectivity index (χ0n) is 18.3. The van der Waals surface area contributed by atoms with Crippen LogP contribution < -0.4 is 4.90 Å². The Morgan fingerprint density at radius 1 is 0.529 bits per heavy atom. The number of furan rings is 1. The Balaban J connectivity index is 1.50. The van der Waals surface area contributed by atoms with Gasteiger partial charge in [-0.25, -0.2) is 0 Å². The van der Waals surface area contributed by atoms with Crippen LogP contribution in [0.2, 0.25) is 0 Å². The molecule has 0 bridgehead atoms. The predicted molar refractivity (Wildman–Crippen MR) is 139 cm³/mol. The van der Waals surface area contributed by atoms with Gasteiger partial charge in [0.1, 0.15) is 11.2 Å². The van der Waals surface area contributed by atoms with E-state index in [-0.39, 0.29) is 0 Å². The van der Waals surface area contributed by atoms with Crippen LogP contribution in [0.1, 0.15) is 5.56 Å². The van der Waals surface area contributed by atoms with E-state index in [9.17, 15) is 5.26 Å². The lowest BCUT2D eigenvalue weighted by Gasteiger charge is -2.25. The van der Waals surface area contributed by atoms with Crippen molar-refractivity contribution in [3.05, 3.63) is 127 Å². The Labute approximate surface area is 197 Å². The van der Waals surface area contributed by atoms with E-state index in [0.717, 1.165) is 44.6 Å². The quantitative estimate of drug-likeness (QED) is 0.278. The van der Waals surface area contributed by atoms with E-state index in [1.165, 1.54) is 5.56 Å². The summed E-state index contributed by atoms with van der Waals surface area (Å²) in [6, 6.07) is 43.1. The minimum atomic E-state index is 0.619. The lowest BCUT2D eigenvalue weighted by atomic mass is 10.0. The number of anilines is 3. The smallest absolute Gasteiger partial charge is 0.137 e. The SMILES string of the molecule is N#Cc1cccc(N(c2ccc(-c3ccccc3)cc2)c2ccc3c(c2)oc2ccccc23)c1. The number of nitrogens with zero attached hydrogens (tertiary/aromatic N) is 2. The van der Waals surface area contributed by atoms with Crippen LogP contribution in [0.25, 0.3) is 33.1 Å². The summed E-state index contributed by atoms with van der Waals surface area (Å²) >= 11 is 0. The Morgan fingerprint density at radius 2 is 1.21 bits per heavy atom. The Bertz CT molecular complexity index is 1660. The Hall–Kier alpha value is -4.81. The zero-order chi connectivity index (χ0) is 22.9. The minimum Gasteiger partial charge on any atom is -0.456 e. The van der Waals surface area contributed by atoms with Crippen molar-refractivity contribution >= 4 is 39.0 Å². The van der Waals surface area contributed by atoms with Crippen molar-refractivity contribution in [2.45, 2.75) is 0 Å². The van der Waals surface area contributed by atoms with E-state index >= 15 is 0 Å². The first-order valence-corrected chi connectivity index (χ1v) is 11.2. The van der Waals surface area contributed by atoms with Gasteiger partial charge < -0.3 is 9.32 Å². The molecule has 3 nitrogen and oxygen atoms in total. The molecule has 5 aromatic carbocycles. The van der Waals surface area contributed by atoms with Gasteiger partial charge in [-0.05, 0) is 59.7 Å². The summed E-state index contributed by atoms with van der Waals surface area (Å²) in [5.41, 5.74) is 7.55. The molecular formula is C31H20N2O. The van der Waals surface area contributed by atoms with Crippen molar-refractivity contribution in [3.8, 4) is 17.2 Å². The van der Waals surface area contributed by atoms with Gasteiger partial charge in [0.15, 0.2) is 0 Å². The predicted octanol–water partition coefficient (Wildman–Crippen LogP) is 8.59. The molecule has 3 heteroatoms. The average molecular weight is 437 g/mol. The molecule has 0 atom stereocenters. The average Bonchev–Trinajstić information content (AvgIpc) is 3.28. The van der Waals surface area contributed by atoms with Crippen molar-refractivity contribution in [1.82, 2.24) is 0 Å². The monoisotopic (exact) mass is 436 g/mol. The van der Waals surface area contributed by atoms with Gasteiger partial charge in [-0.15, -0.1) is 0 Å². The highest BCUT2D eigenvalue weighted by atomic mass is 16.3. The standard InChI is InChI=1S/C31H20N2O/c32-21-22-7-6-10-26(19-22)33(25-15-13-24(14-16-25)23-8-2-1-3-9-23)27-17-18-29-28-11-4-5-12-30(28)34-31(29)20-27/h1-20H. The molecule has 0 N–H and O–H groups in total. The minimum absolute atomic E-state index is 0.619. The molecular weight excluding hydrogens is 416 g/mol. The second-order valence-corrected chi connectivity index (χ2v) is 8.19. The van der Waals surface area contributed by atoms with Crippen LogP contribution in [0.5, 0.6) is 0 Å². The van der Waals surface area contributed by atoms with E-state index < -0.39 is 0 Å². The van der Waals surface area contributed by atoms with E-state index in [1.807, 2.05) is 60.7 Å². The number of hydrogen-bond donors (Lipinski definition) is 0. The van der Waals surface area contributed by atoms with E-state index in [4.69, 9.17) is 4.42 Å². The second-order valence-electron chi connectivity index (χ2n) is 8.19. The molecule has 0 saturated heterocycles. The first-order valence-electron chi connectivity index (χ1n) is 11.2. The molecule has 6 rings (SSSR count). The van der Waals surface area contributed by atoms with E-state index in [0.29, 0.717) is 5.56 Å².